The van der Waals surface area contributed by atoms with Crippen LogP contribution in [0.4, 0.5) is 0 Å². The normalized spacial score (nSPS) is 27.3. The lowest BCUT2D eigenvalue weighted by molar-refractivity contribution is 0.0465. The standard InChI is InChI=1S/C15H22N2O3S/c1-15(18)5-2-7-17(8-6-15)21(19,20)14-4-3-12-10-16-11-13(12)9-14/h3-4,9,16,18H,2,5-8,10-11H2,1H3. The fourth-order valence-electron chi connectivity index (χ4n) is 3.06. The van der Waals surface area contributed by atoms with Crippen LogP contribution < -0.4 is 5.32 Å². The minimum atomic E-state index is -3.46. The van der Waals surface area contributed by atoms with Gasteiger partial charge in [0.15, 0.2) is 0 Å². The van der Waals surface area contributed by atoms with Crippen LogP contribution in [-0.2, 0) is 23.1 Å². The Hall–Kier alpha value is -0.950. The van der Waals surface area contributed by atoms with Crippen LogP contribution in [0.25, 0.3) is 0 Å². The number of nitrogens with zero attached hydrogens (tertiary/aromatic N) is 1. The van der Waals surface area contributed by atoms with E-state index >= 15 is 0 Å². The fraction of sp³-hybridized carbons (Fsp3) is 0.600. The molecule has 1 aromatic carbocycles. The van der Waals surface area contributed by atoms with Gasteiger partial charge in [0.2, 0.25) is 10.0 Å². The smallest absolute Gasteiger partial charge is 0.243 e. The van der Waals surface area contributed by atoms with Crippen molar-refractivity contribution in [1.29, 1.82) is 0 Å². The molecule has 0 aromatic heterocycles. The van der Waals surface area contributed by atoms with Gasteiger partial charge in [-0.25, -0.2) is 8.42 Å². The highest BCUT2D eigenvalue weighted by molar-refractivity contribution is 7.89. The fourth-order valence-corrected chi connectivity index (χ4v) is 4.59. The molecule has 2 heterocycles. The number of sulfonamides is 1. The Morgan fingerprint density at radius 3 is 2.76 bits per heavy atom. The average Bonchev–Trinajstić information content (AvgIpc) is 2.81. The maximum Gasteiger partial charge on any atom is 0.243 e. The van der Waals surface area contributed by atoms with E-state index in [4.69, 9.17) is 0 Å². The zero-order valence-corrected chi connectivity index (χ0v) is 13.1. The quantitative estimate of drug-likeness (QED) is 0.861. The van der Waals surface area contributed by atoms with Crippen molar-refractivity contribution in [3.8, 4) is 0 Å². The summed E-state index contributed by atoms with van der Waals surface area (Å²) in [7, 11) is -3.46. The number of hydrogen-bond acceptors (Lipinski definition) is 4. The highest BCUT2D eigenvalue weighted by Gasteiger charge is 2.31. The van der Waals surface area contributed by atoms with Crippen molar-refractivity contribution in [3.05, 3.63) is 29.3 Å². The Kier molecular flexibility index (Phi) is 3.81. The first-order chi connectivity index (χ1) is 9.88. The molecule has 1 atom stereocenters. The van der Waals surface area contributed by atoms with E-state index in [0.717, 1.165) is 18.7 Å². The number of nitrogens with one attached hydrogen (secondary N) is 1. The Balaban J connectivity index is 1.86. The molecule has 2 aliphatic rings. The highest BCUT2D eigenvalue weighted by Crippen LogP contribution is 2.27. The van der Waals surface area contributed by atoms with Crippen molar-refractivity contribution >= 4 is 10.0 Å². The Bertz CT molecular complexity index is 640. The molecule has 2 N–H and O–H groups in total. The van der Waals surface area contributed by atoms with E-state index < -0.39 is 15.6 Å². The van der Waals surface area contributed by atoms with Crippen LogP contribution in [0.15, 0.2) is 23.1 Å². The lowest BCUT2D eigenvalue weighted by atomic mass is 9.98. The number of hydrogen-bond donors (Lipinski definition) is 2. The van der Waals surface area contributed by atoms with Gasteiger partial charge in [-0.15, -0.1) is 0 Å². The third-order valence-electron chi connectivity index (χ3n) is 4.47. The predicted octanol–water partition coefficient (Wildman–Crippen LogP) is 1.22. The molecule has 0 spiro atoms. The van der Waals surface area contributed by atoms with Gasteiger partial charge >= 0.3 is 0 Å². The molecule has 0 saturated carbocycles. The van der Waals surface area contributed by atoms with Gasteiger partial charge in [0, 0.05) is 26.2 Å². The Labute approximate surface area is 126 Å². The van der Waals surface area contributed by atoms with Crippen molar-refractivity contribution in [2.45, 2.75) is 49.8 Å². The minimum Gasteiger partial charge on any atom is -0.390 e. The summed E-state index contributed by atoms with van der Waals surface area (Å²) in [6, 6.07) is 5.38. The average molecular weight is 310 g/mol. The first kappa shape index (κ1) is 15.0. The predicted molar refractivity (Wildman–Crippen MR) is 80.2 cm³/mol. The summed E-state index contributed by atoms with van der Waals surface area (Å²) >= 11 is 0. The second-order valence-corrected chi connectivity index (χ2v) is 8.23. The van der Waals surface area contributed by atoms with Crippen molar-refractivity contribution in [3.63, 3.8) is 0 Å². The number of benzene rings is 1. The van der Waals surface area contributed by atoms with Gasteiger partial charge in [0.1, 0.15) is 0 Å². The zero-order valence-electron chi connectivity index (χ0n) is 12.3. The molecule has 0 amide bonds. The van der Waals surface area contributed by atoms with E-state index in [1.807, 2.05) is 6.07 Å². The maximum atomic E-state index is 12.8. The van der Waals surface area contributed by atoms with Crippen molar-refractivity contribution in [1.82, 2.24) is 9.62 Å². The van der Waals surface area contributed by atoms with Crippen molar-refractivity contribution in [2.24, 2.45) is 0 Å². The molecule has 2 aliphatic heterocycles. The van der Waals surface area contributed by atoms with Gasteiger partial charge in [-0.05, 0) is 49.4 Å². The van der Waals surface area contributed by atoms with E-state index in [1.54, 1.807) is 19.1 Å². The van der Waals surface area contributed by atoms with Crippen LogP contribution in [0.3, 0.4) is 0 Å². The molecule has 3 rings (SSSR count). The topological polar surface area (TPSA) is 69.6 Å². The SMILES string of the molecule is CC1(O)CCCN(S(=O)(=O)c2ccc3c(c2)CNC3)CC1. The molecule has 1 fully saturated rings. The molecular formula is C15H22N2O3S. The molecule has 0 radical (unpaired) electrons. The molecular weight excluding hydrogens is 288 g/mol. The van der Waals surface area contributed by atoms with Crippen LogP contribution in [0, 0.1) is 0 Å². The number of rotatable bonds is 2. The van der Waals surface area contributed by atoms with Crippen LogP contribution in [0.2, 0.25) is 0 Å². The Morgan fingerprint density at radius 2 is 1.95 bits per heavy atom. The van der Waals surface area contributed by atoms with Gasteiger partial charge < -0.3 is 10.4 Å². The summed E-state index contributed by atoms with van der Waals surface area (Å²) in [5.74, 6) is 0. The molecule has 0 bridgehead atoms. The van der Waals surface area contributed by atoms with Gasteiger partial charge in [0.25, 0.3) is 0 Å². The van der Waals surface area contributed by atoms with E-state index in [-0.39, 0.29) is 0 Å². The molecule has 116 valence electrons. The maximum absolute atomic E-state index is 12.8. The monoisotopic (exact) mass is 310 g/mol. The summed E-state index contributed by atoms with van der Waals surface area (Å²) in [5, 5.41) is 13.3. The van der Waals surface area contributed by atoms with Crippen LogP contribution in [-0.4, -0.2) is 36.5 Å². The van der Waals surface area contributed by atoms with E-state index in [1.165, 1.54) is 9.87 Å². The van der Waals surface area contributed by atoms with Gasteiger partial charge in [-0.3, -0.25) is 0 Å². The van der Waals surface area contributed by atoms with Crippen LogP contribution in [0.1, 0.15) is 37.3 Å². The summed E-state index contributed by atoms with van der Waals surface area (Å²) < 4.78 is 27.1. The molecule has 1 aromatic rings. The molecule has 1 saturated heterocycles. The van der Waals surface area contributed by atoms with E-state index in [0.29, 0.717) is 37.2 Å². The van der Waals surface area contributed by atoms with Gasteiger partial charge in [-0.1, -0.05) is 6.07 Å². The van der Waals surface area contributed by atoms with E-state index in [2.05, 4.69) is 5.32 Å². The first-order valence-electron chi connectivity index (χ1n) is 7.44. The molecule has 6 heteroatoms. The third kappa shape index (κ3) is 2.99. The first-order valence-corrected chi connectivity index (χ1v) is 8.88. The largest absolute Gasteiger partial charge is 0.390 e. The third-order valence-corrected chi connectivity index (χ3v) is 6.36. The van der Waals surface area contributed by atoms with Crippen molar-refractivity contribution < 1.29 is 13.5 Å². The van der Waals surface area contributed by atoms with Crippen LogP contribution in [0.5, 0.6) is 0 Å². The van der Waals surface area contributed by atoms with Gasteiger partial charge in [-0.2, -0.15) is 4.31 Å². The minimum absolute atomic E-state index is 0.367. The second-order valence-electron chi connectivity index (χ2n) is 6.29. The lowest BCUT2D eigenvalue weighted by Gasteiger charge is -2.22. The van der Waals surface area contributed by atoms with Crippen molar-refractivity contribution in [2.75, 3.05) is 13.1 Å². The molecule has 21 heavy (non-hydrogen) atoms. The summed E-state index contributed by atoms with van der Waals surface area (Å²) in [6.07, 6.45) is 1.82. The molecule has 0 aliphatic carbocycles. The summed E-state index contributed by atoms with van der Waals surface area (Å²) in [6.45, 7) is 4.18. The number of fused-ring (bicyclic) bond motifs is 1. The molecule has 5 nitrogen and oxygen atoms in total. The lowest BCUT2D eigenvalue weighted by Crippen LogP contribution is -2.33. The molecule has 1 unspecified atom stereocenters. The highest BCUT2D eigenvalue weighted by atomic mass is 32.2. The number of aliphatic hydroxyl groups is 1. The summed E-state index contributed by atoms with van der Waals surface area (Å²) in [5.41, 5.74) is 1.48. The van der Waals surface area contributed by atoms with Gasteiger partial charge in [0.05, 0.1) is 10.5 Å². The second kappa shape index (κ2) is 5.35. The summed E-state index contributed by atoms with van der Waals surface area (Å²) in [4.78, 5) is 0.367. The zero-order chi connectivity index (χ0) is 15.1. The van der Waals surface area contributed by atoms with E-state index in [9.17, 15) is 13.5 Å². The Morgan fingerprint density at radius 1 is 1.19 bits per heavy atom. The van der Waals surface area contributed by atoms with Crippen LogP contribution >= 0.6 is 0 Å².